The minimum absolute atomic E-state index is 0.113. The molecule has 4 rings (SSSR count). The van der Waals surface area contributed by atoms with E-state index in [1.165, 1.54) is 19.1 Å². The summed E-state index contributed by atoms with van der Waals surface area (Å²) in [6.07, 6.45) is 1.58. The van der Waals surface area contributed by atoms with E-state index in [0.29, 0.717) is 22.4 Å². The third kappa shape index (κ3) is 4.96. The number of phenolic OH excluding ortho intramolecular Hbond substituents is 1. The van der Waals surface area contributed by atoms with Gasteiger partial charge in [0.05, 0.1) is 0 Å². The van der Waals surface area contributed by atoms with E-state index in [1.54, 1.807) is 54.6 Å². The molecule has 3 amide bonds. The zero-order chi connectivity index (χ0) is 23.4. The number of amides is 3. The SMILES string of the molecule is CC(=O)Nc1ccc(C(=O)NN2C(=O)C(=Cc3ccc(O)cc3)N=C2c2ccccc2)cc1. The Morgan fingerprint density at radius 2 is 1.61 bits per heavy atom. The molecule has 3 aromatic carbocycles. The van der Waals surface area contributed by atoms with Gasteiger partial charge in [-0.25, -0.2) is 4.99 Å². The smallest absolute Gasteiger partial charge is 0.297 e. The van der Waals surface area contributed by atoms with Gasteiger partial charge in [-0.15, -0.1) is 0 Å². The van der Waals surface area contributed by atoms with E-state index in [4.69, 9.17) is 0 Å². The van der Waals surface area contributed by atoms with Gasteiger partial charge in [-0.2, -0.15) is 5.01 Å². The maximum Gasteiger partial charge on any atom is 0.297 e. The van der Waals surface area contributed by atoms with Crippen LogP contribution in [0.4, 0.5) is 5.69 Å². The minimum atomic E-state index is -0.507. The highest BCUT2D eigenvalue weighted by molar-refractivity contribution is 6.20. The number of nitrogens with zero attached hydrogens (tertiary/aromatic N) is 2. The molecule has 164 valence electrons. The Labute approximate surface area is 189 Å². The Hall–Kier alpha value is -4.72. The number of aliphatic imine (C=N–C) groups is 1. The van der Waals surface area contributed by atoms with Crippen molar-refractivity contribution in [3.05, 3.63) is 101 Å². The number of nitrogens with one attached hydrogen (secondary N) is 2. The zero-order valence-corrected chi connectivity index (χ0v) is 17.6. The average molecular weight is 440 g/mol. The third-order valence-corrected chi connectivity index (χ3v) is 4.77. The number of benzene rings is 3. The van der Waals surface area contributed by atoms with Crippen molar-refractivity contribution in [3.8, 4) is 5.75 Å². The summed E-state index contributed by atoms with van der Waals surface area (Å²) in [5.74, 6) is -0.820. The Balaban J connectivity index is 1.62. The number of hydrogen-bond donors (Lipinski definition) is 3. The van der Waals surface area contributed by atoms with E-state index in [2.05, 4.69) is 15.7 Å². The van der Waals surface area contributed by atoms with Crippen LogP contribution in [0.25, 0.3) is 6.08 Å². The number of hydrazine groups is 1. The van der Waals surface area contributed by atoms with Gasteiger partial charge < -0.3 is 10.4 Å². The number of rotatable bonds is 5. The number of aromatic hydroxyl groups is 1. The van der Waals surface area contributed by atoms with Crippen LogP contribution in [0.3, 0.4) is 0 Å². The van der Waals surface area contributed by atoms with Crippen LogP contribution in [0, 0.1) is 0 Å². The van der Waals surface area contributed by atoms with Crippen molar-refractivity contribution < 1.29 is 19.5 Å². The third-order valence-electron chi connectivity index (χ3n) is 4.77. The molecule has 0 unspecified atom stereocenters. The minimum Gasteiger partial charge on any atom is -0.508 e. The Morgan fingerprint density at radius 3 is 2.24 bits per heavy atom. The second-order valence-electron chi connectivity index (χ2n) is 7.26. The molecule has 1 aliphatic rings. The van der Waals surface area contributed by atoms with Crippen molar-refractivity contribution in [1.82, 2.24) is 10.4 Å². The summed E-state index contributed by atoms with van der Waals surface area (Å²) < 4.78 is 0. The summed E-state index contributed by atoms with van der Waals surface area (Å²) in [4.78, 5) is 41.6. The molecule has 0 fully saturated rings. The number of phenols is 1. The molecule has 0 saturated heterocycles. The summed E-state index contributed by atoms with van der Waals surface area (Å²) >= 11 is 0. The fourth-order valence-electron chi connectivity index (χ4n) is 3.20. The summed E-state index contributed by atoms with van der Waals surface area (Å²) in [7, 11) is 0. The summed E-state index contributed by atoms with van der Waals surface area (Å²) in [5, 5.41) is 13.2. The van der Waals surface area contributed by atoms with Crippen molar-refractivity contribution in [2.75, 3.05) is 5.32 Å². The van der Waals surface area contributed by atoms with Gasteiger partial charge in [-0.1, -0.05) is 42.5 Å². The van der Waals surface area contributed by atoms with Crippen molar-refractivity contribution >= 4 is 35.3 Å². The molecule has 3 aromatic rings. The molecular weight excluding hydrogens is 420 g/mol. The van der Waals surface area contributed by atoms with Crippen LogP contribution in [0.15, 0.2) is 89.6 Å². The van der Waals surface area contributed by atoms with E-state index >= 15 is 0 Å². The first-order valence-electron chi connectivity index (χ1n) is 10.1. The maximum absolute atomic E-state index is 13.1. The van der Waals surface area contributed by atoms with E-state index in [0.717, 1.165) is 5.01 Å². The monoisotopic (exact) mass is 440 g/mol. The zero-order valence-electron chi connectivity index (χ0n) is 17.6. The molecule has 1 aliphatic heterocycles. The summed E-state index contributed by atoms with van der Waals surface area (Å²) in [6, 6.07) is 21.7. The van der Waals surface area contributed by atoms with Gasteiger partial charge in [0.1, 0.15) is 11.4 Å². The molecule has 0 saturated carbocycles. The van der Waals surface area contributed by atoms with Gasteiger partial charge >= 0.3 is 0 Å². The number of anilines is 1. The molecule has 0 aromatic heterocycles. The first kappa shape index (κ1) is 21.5. The highest BCUT2D eigenvalue weighted by atomic mass is 16.3. The van der Waals surface area contributed by atoms with Gasteiger partial charge in [0.15, 0.2) is 5.84 Å². The van der Waals surface area contributed by atoms with Crippen molar-refractivity contribution in [3.63, 3.8) is 0 Å². The van der Waals surface area contributed by atoms with Crippen LogP contribution in [0.5, 0.6) is 5.75 Å². The predicted octanol–water partition coefficient (Wildman–Crippen LogP) is 3.33. The Kier molecular flexibility index (Phi) is 5.99. The quantitative estimate of drug-likeness (QED) is 0.529. The molecule has 0 bridgehead atoms. The fourth-order valence-corrected chi connectivity index (χ4v) is 3.20. The Morgan fingerprint density at radius 1 is 0.939 bits per heavy atom. The maximum atomic E-state index is 13.1. The van der Waals surface area contributed by atoms with Gasteiger partial charge in [0.25, 0.3) is 11.8 Å². The van der Waals surface area contributed by atoms with Gasteiger partial charge in [-0.05, 0) is 48.0 Å². The van der Waals surface area contributed by atoms with Crippen molar-refractivity contribution in [2.24, 2.45) is 4.99 Å². The highest BCUT2D eigenvalue weighted by Gasteiger charge is 2.33. The molecule has 0 aliphatic carbocycles. The van der Waals surface area contributed by atoms with Crippen molar-refractivity contribution in [2.45, 2.75) is 6.92 Å². The second-order valence-corrected chi connectivity index (χ2v) is 7.26. The molecule has 33 heavy (non-hydrogen) atoms. The molecule has 8 heteroatoms. The van der Waals surface area contributed by atoms with Gasteiger partial charge in [-0.3, -0.25) is 19.8 Å². The molecule has 0 atom stereocenters. The molecule has 8 nitrogen and oxygen atoms in total. The number of carbonyl (C=O) groups is 3. The van der Waals surface area contributed by atoms with Crippen LogP contribution >= 0.6 is 0 Å². The fraction of sp³-hybridized carbons (Fsp3) is 0.0400. The highest BCUT2D eigenvalue weighted by Crippen LogP contribution is 2.22. The topological polar surface area (TPSA) is 111 Å². The normalized spacial score (nSPS) is 14.2. The summed E-state index contributed by atoms with van der Waals surface area (Å²) in [6.45, 7) is 1.40. The number of hydrogen-bond acceptors (Lipinski definition) is 5. The lowest BCUT2D eigenvalue weighted by Crippen LogP contribution is -2.47. The first-order chi connectivity index (χ1) is 15.9. The van der Waals surface area contributed by atoms with Crippen LogP contribution in [0.1, 0.15) is 28.4 Å². The largest absolute Gasteiger partial charge is 0.508 e. The predicted molar refractivity (Wildman–Crippen MR) is 124 cm³/mol. The van der Waals surface area contributed by atoms with Gasteiger partial charge in [0, 0.05) is 23.7 Å². The van der Waals surface area contributed by atoms with Crippen LogP contribution in [0.2, 0.25) is 0 Å². The van der Waals surface area contributed by atoms with E-state index in [1.807, 2.05) is 18.2 Å². The molecular formula is C25H20N4O4. The molecule has 1 heterocycles. The van der Waals surface area contributed by atoms with Gasteiger partial charge in [0.2, 0.25) is 5.91 Å². The average Bonchev–Trinajstić information content (AvgIpc) is 3.11. The molecule has 3 N–H and O–H groups in total. The molecule has 0 spiro atoms. The van der Waals surface area contributed by atoms with Crippen molar-refractivity contribution in [1.29, 1.82) is 0 Å². The Bertz CT molecular complexity index is 1260. The number of amidine groups is 1. The van der Waals surface area contributed by atoms with E-state index in [-0.39, 0.29) is 23.2 Å². The lowest BCUT2D eigenvalue weighted by molar-refractivity contribution is -0.124. The van der Waals surface area contributed by atoms with E-state index < -0.39 is 11.8 Å². The molecule has 0 radical (unpaired) electrons. The van der Waals surface area contributed by atoms with Crippen LogP contribution in [-0.4, -0.2) is 33.7 Å². The lowest BCUT2D eigenvalue weighted by Gasteiger charge is -2.19. The van der Waals surface area contributed by atoms with Crippen LogP contribution < -0.4 is 10.7 Å². The first-order valence-corrected chi connectivity index (χ1v) is 10.1. The lowest BCUT2D eigenvalue weighted by atomic mass is 10.2. The standard InChI is InChI=1S/C25H20N4O4/c1-16(30)26-20-11-9-19(10-12-20)24(32)28-29-23(18-5-3-2-4-6-18)27-22(25(29)33)15-17-7-13-21(31)14-8-17/h2-15,31H,1H3,(H,26,30)(H,28,32). The summed E-state index contributed by atoms with van der Waals surface area (Å²) in [5.41, 5.74) is 4.96. The van der Waals surface area contributed by atoms with E-state index in [9.17, 15) is 19.5 Å². The number of carbonyl (C=O) groups excluding carboxylic acids is 3. The van der Waals surface area contributed by atoms with Crippen LogP contribution in [-0.2, 0) is 9.59 Å². The second kappa shape index (κ2) is 9.19.